The number of benzene rings is 1. The molecule has 1 aliphatic carbocycles. The molecule has 0 saturated heterocycles. The van der Waals surface area contributed by atoms with Crippen LogP contribution in [0.15, 0.2) is 34.2 Å². The maximum atomic E-state index is 12.2. The van der Waals surface area contributed by atoms with Crippen molar-refractivity contribution in [1.82, 2.24) is 15.4 Å². The topological polar surface area (TPSA) is 91.8 Å². The third kappa shape index (κ3) is 8.32. The SMILES string of the molecule is CCNC(=NCc1ccc(S(=O)(=O)NC2CC2)cc1)NCC(C)(C)OC.I. The molecule has 1 aliphatic rings. The molecule has 0 unspecified atom stereocenters. The largest absolute Gasteiger partial charge is 0.377 e. The van der Waals surface area contributed by atoms with E-state index >= 15 is 0 Å². The minimum Gasteiger partial charge on any atom is -0.377 e. The first-order chi connectivity index (χ1) is 12.3. The van der Waals surface area contributed by atoms with Gasteiger partial charge in [0.25, 0.3) is 0 Å². The van der Waals surface area contributed by atoms with E-state index in [4.69, 9.17) is 4.74 Å². The first-order valence-electron chi connectivity index (χ1n) is 8.94. The Bertz CT molecular complexity index is 717. The van der Waals surface area contributed by atoms with Crippen LogP contribution in [0.25, 0.3) is 0 Å². The molecule has 3 N–H and O–H groups in total. The van der Waals surface area contributed by atoms with Crippen LogP contribution in [0.4, 0.5) is 0 Å². The smallest absolute Gasteiger partial charge is 0.240 e. The van der Waals surface area contributed by atoms with E-state index < -0.39 is 10.0 Å². The van der Waals surface area contributed by atoms with Crippen LogP contribution in [0.3, 0.4) is 0 Å². The van der Waals surface area contributed by atoms with Gasteiger partial charge < -0.3 is 15.4 Å². The van der Waals surface area contributed by atoms with Gasteiger partial charge in [0.05, 0.1) is 17.0 Å². The van der Waals surface area contributed by atoms with Crippen LogP contribution in [-0.4, -0.2) is 46.2 Å². The monoisotopic (exact) mass is 510 g/mol. The van der Waals surface area contributed by atoms with Gasteiger partial charge in [-0.25, -0.2) is 18.1 Å². The molecule has 0 aliphatic heterocycles. The maximum Gasteiger partial charge on any atom is 0.240 e. The van der Waals surface area contributed by atoms with Crippen LogP contribution < -0.4 is 15.4 Å². The highest BCUT2D eigenvalue weighted by Gasteiger charge is 2.27. The molecule has 9 heteroatoms. The molecular formula is C18H31IN4O3S. The molecule has 0 amide bonds. The zero-order valence-corrected chi connectivity index (χ0v) is 19.6. The first kappa shape index (κ1) is 24.1. The molecule has 0 bridgehead atoms. The highest BCUT2D eigenvalue weighted by molar-refractivity contribution is 14.0. The molecule has 0 spiro atoms. The summed E-state index contributed by atoms with van der Waals surface area (Å²) in [6, 6.07) is 6.96. The minimum atomic E-state index is -3.41. The van der Waals surface area contributed by atoms with Gasteiger partial charge in [-0.3, -0.25) is 0 Å². The van der Waals surface area contributed by atoms with Crippen molar-refractivity contribution in [3.63, 3.8) is 0 Å². The normalized spacial score (nSPS) is 15.2. The number of guanidine groups is 1. The number of nitrogens with zero attached hydrogens (tertiary/aromatic N) is 1. The van der Waals surface area contributed by atoms with Crippen LogP contribution in [0.1, 0.15) is 39.2 Å². The Hall–Kier alpha value is -0.910. The van der Waals surface area contributed by atoms with Crippen LogP contribution in [-0.2, 0) is 21.3 Å². The average Bonchev–Trinajstić information content (AvgIpc) is 3.41. The molecule has 0 radical (unpaired) electrons. The first-order valence-corrected chi connectivity index (χ1v) is 10.4. The van der Waals surface area contributed by atoms with Gasteiger partial charge in [0.2, 0.25) is 10.0 Å². The van der Waals surface area contributed by atoms with E-state index in [1.54, 1.807) is 31.4 Å². The zero-order chi connectivity index (χ0) is 19.2. The molecular weight excluding hydrogens is 479 g/mol. The summed E-state index contributed by atoms with van der Waals surface area (Å²) in [5, 5.41) is 6.45. The fraction of sp³-hybridized carbons (Fsp3) is 0.611. The van der Waals surface area contributed by atoms with E-state index in [0.29, 0.717) is 23.9 Å². The summed E-state index contributed by atoms with van der Waals surface area (Å²) in [5.41, 5.74) is 0.652. The van der Waals surface area contributed by atoms with E-state index in [1.807, 2.05) is 20.8 Å². The molecule has 1 fully saturated rings. The summed E-state index contributed by atoms with van der Waals surface area (Å²) in [5.74, 6) is 0.699. The average molecular weight is 510 g/mol. The lowest BCUT2D eigenvalue weighted by Crippen LogP contribution is -2.45. The Balaban J connectivity index is 0.00000364. The van der Waals surface area contributed by atoms with E-state index in [9.17, 15) is 8.42 Å². The Kier molecular flexibility index (Phi) is 9.46. The highest BCUT2D eigenvalue weighted by atomic mass is 127. The number of nitrogens with one attached hydrogen (secondary N) is 3. The molecule has 0 aromatic heterocycles. The van der Waals surface area contributed by atoms with Crippen molar-refractivity contribution in [2.45, 2.75) is 56.7 Å². The number of hydrogen-bond acceptors (Lipinski definition) is 4. The van der Waals surface area contributed by atoms with Crippen molar-refractivity contribution in [1.29, 1.82) is 0 Å². The van der Waals surface area contributed by atoms with Gasteiger partial charge in [-0.2, -0.15) is 0 Å². The van der Waals surface area contributed by atoms with Gasteiger partial charge >= 0.3 is 0 Å². The molecule has 7 nitrogen and oxygen atoms in total. The highest BCUT2D eigenvalue weighted by Crippen LogP contribution is 2.22. The lowest BCUT2D eigenvalue weighted by molar-refractivity contribution is 0.0268. The van der Waals surface area contributed by atoms with Crippen molar-refractivity contribution in [2.24, 2.45) is 4.99 Å². The second-order valence-corrected chi connectivity index (χ2v) is 8.77. The van der Waals surface area contributed by atoms with Crippen LogP contribution in [0.2, 0.25) is 0 Å². The lowest BCUT2D eigenvalue weighted by atomic mass is 10.1. The summed E-state index contributed by atoms with van der Waals surface area (Å²) < 4.78 is 32.4. The molecule has 2 rings (SSSR count). The Labute approximate surface area is 179 Å². The van der Waals surface area contributed by atoms with Gasteiger partial charge in [-0.05, 0) is 51.3 Å². The fourth-order valence-corrected chi connectivity index (χ4v) is 3.45. The van der Waals surface area contributed by atoms with Crippen LogP contribution in [0.5, 0.6) is 0 Å². The fourth-order valence-electron chi connectivity index (χ4n) is 2.14. The van der Waals surface area contributed by atoms with E-state index in [0.717, 1.165) is 24.9 Å². The number of rotatable bonds is 9. The predicted molar refractivity (Wildman–Crippen MR) is 119 cm³/mol. The molecule has 1 saturated carbocycles. The summed E-state index contributed by atoms with van der Waals surface area (Å²) in [4.78, 5) is 4.84. The summed E-state index contributed by atoms with van der Waals surface area (Å²) >= 11 is 0. The molecule has 154 valence electrons. The molecule has 0 heterocycles. The second kappa shape index (κ2) is 10.6. The van der Waals surface area contributed by atoms with Crippen molar-refractivity contribution < 1.29 is 13.2 Å². The van der Waals surface area contributed by atoms with Gasteiger partial charge in [-0.15, -0.1) is 24.0 Å². The van der Waals surface area contributed by atoms with Crippen molar-refractivity contribution >= 4 is 40.0 Å². The van der Waals surface area contributed by atoms with Gasteiger partial charge in [0.15, 0.2) is 5.96 Å². The Morgan fingerprint density at radius 2 is 1.85 bits per heavy atom. The zero-order valence-electron chi connectivity index (χ0n) is 16.4. The second-order valence-electron chi connectivity index (χ2n) is 7.05. The van der Waals surface area contributed by atoms with Crippen LogP contribution >= 0.6 is 24.0 Å². The predicted octanol–water partition coefficient (Wildman–Crippen LogP) is 2.23. The van der Waals surface area contributed by atoms with E-state index in [2.05, 4.69) is 20.3 Å². The van der Waals surface area contributed by atoms with Gasteiger partial charge in [0.1, 0.15) is 0 Å². The molecule has 1 aromatic carbocycles. The van der Waals surface area contributed by atoms with Crippen LogP contribution in [0, 0.1) is 0 Å². The molecule has 0 atom stereocenters. The summed E-state index contributed by atoms with van der Waals surface area (Å²) in [6.07, 6.45) is 1.85. The quantitative estimate of drug-likeness (QED) is 0.269. The van der Waals surface area contributed by atoms with Gasteiger partial charge in [0, 0.05) is 26.2 Å². The Morgan fingerprint density at radius 1 is 1.22 bits per heavy atom. The number of halogens is 1. The summed E-state index contributed by atoms with van der Waals surface area (Å²) in [6.45, 7) is 7.84. The number of methoxy groups -OCH3 is 1. The maximum absolute atomic E-state index is 12.2. The Morgan fingerprint density at radius 3 is 2.37 bits per heavy atom. The third-order valence-corrected chi connectivity index (χ3v) is 5.67. The lowest BCUT2D eigenvalue weighted by Gasteiger charge is -2.24. The van der Waals surface area contributed by atoms with Crippen molar-refractivity contribution in [3.05, 3.63) is 29.8 Å². The summed E-state index contributed by atoms with van der Waals surface area (Å²) in [7, 11) is -1.73. The van der Waals surface area contributed by atoms with Crippen molar-refractivity contribution in [3.8, 4) is 0 Å². The van der Waals surface area contributed by atoms with Crippen molar-refractivity contribution in [2.75, 3.05) is 20.2 Å². The number of hydrogen-bond donors (Lipinski definition) is 3. The minimum absolute atomic E-state index is 0. The van der Waals surface area contributed by atoms with E-state index in [1.165, 1.54) is 0 Å². The number of aliphatic imine (C=N–C) groups is 1. The third-order valence-electron chi connectivity index (χ3n) is 4.13. The van der Waals surface area contributed by atoms with E-state index in [-0.39, 0.29) is 35.6 Å². The number of sulfonamides is 1. The molecule has 1 aromatic rings. The van der Waals surface area contributed by atoms with Gasteiger partial charge in [-0.1, -0.05) is 12.1 Å². The standard InChI is InChI=1S/C18H30N4O3S.HI/c1-5-19-17(21-13-18(2,3)25-4)20-12-14-6-10-16(11-7-14)26(23,24)22-15-8-9-15;/h6-7,10-11,15,22H,5,8-9,12-13H2,1-4H3,(H2,19,20,21);1H. The molecule has 27 heavy (non-hydrogen) atoms. The number of ether oxygens (including phenoxy) is 1.